The highest BCUT2D eigenvalue weighted by Gasteiger charge is 2.24. The molecule has 0 aliphatic rings. The minimum absolute atomic E-state index is 0.145. The summed E-state index contributed by atoms with van der Waals surface area (Å²) in [5.74, 6) is 0.305. The van der Waals surface area contributed by atoms with E-state index >= 15 is 0 Å². The fourth-order valence-electron chi connectivity index (χ4n) is 1.48. The van der Waals surface area contributed by atoms with E-state index in [-0.39, 0.29) is 29.1 Å². The highest BCUT2D eigenvalue weighted by molar-refractivity contribution is 5.49. The Kier molecular flexibility index (Phi) is 3.27. The van der Waals surface area contributed by atoms with Gasteiger partial charge in [0.25, 0.3) is 0 Å². The summed E-state index contributed by atoms with van der Waals surface area (Å²) in [4.78, 5) is 18.3. The Morgan fingerprint density at radius 2 is 2.16 bits per heavy atom. The van der Waals surface area contributed by atoms with Crippen LogP contribution in [0.1, 0.15) is 11.4 Å². The van der Waals surface area contributed by atoms with Crippen molar-refractivity contribution in [2.45, 2.75) is 13.8 Å². The van der Waals surface area contributed by atoms with E-state index in [9.17, 15) is 10.1 Å². The first-order valence-corrected chi connectivity index (χ1v) is 5.42. The third-order valence-electron chi connectivity index (χ3n) is 2.32. The molecule has 2 heterocycles. The van der Waals surface area contributed by atoms with E-state index in [0.717, 1.165) is 5.69 Å². The molecule has 0 atom stereocenters. The van der Waals surface area contributed by atoms with E-state index in [1.807, 2.05) is 0 Å². The van der Waals surface area contributed by atoms with Crippen LogP contribution in [0.3, 0.4) is 0 Å². The summed E-state index contributed by atoms with van der Waals surface area (Å²) in [6.45, 7) is 3.31. The Balaban J connectivity index is 2.47. The molecule has 0 bridgehead atoms. The molecule has 0 fully saturated rings. The summed E-state index contributed by atoms with van der Waals surface area (Å²) in [6.07, 6.45) is 0. The van der Waals surface area contributed by atoms with Crippen LogP contribution >= 0.6 is 0 Å². The lowest BCUT2D eigenvalue weighted by Gasteiger charge is -2.06. The van der Waals surface area contributed by atoms with E-state index in [4.69, 9.17) is 4.74 Å². The van der Waals surface area contributed by atoms with Gasteiger partial charge in [-0.1, -0.05) is 0 Å². The number of nitrogens with zero attached hydrogens (tertiary/aromatic N) is 4. The third kappa shape index (κ3) is 2.59. The molecule has 2 aromatic heterocycles. The summed E-state index contributed by atoms with van der Waals surface area (Å²) in [5.41, 5.74) is 0.712. The lowest BCUT2D eigenvalue weighted by molar-refractivity contribution is -0.386. The van der Waals surface area contributed by atoms with Crippen molar-refractivity contribution < 1.29 is 9.66 Å². The average Bonchev–Trinajstić information content (AvgIpc) is 2.73. The number of hydrogen-bond acceptors (Lipinski definition) is 7. The van der Waals surface area contributed by atoms with Crippen LogP contribution in [-0.2, 0) is 0 Å². The number of nitrogens with one attached hydrogen (secondary N) is 2. The van der Waals surface area contributed by atoms with Crippen LogP contribution in [0, 0.1) is 24.0 Å². The second kappa shape index (κ2) is 4.88. The van der Waals surface area contributed by atoms with Crippen LogP contribution in [0.5, 0.6) is 11.8 Å². The molecule has 2 N–H and O–H groups in total. The topological polar surface area (TPSA) is 119 Å². The van der Waals surface area contributed by atoms with E-state index in [2.05, 4.69) is 25.5 Å². The molecule has 0 aromatic carbocycles. The van der Waals surface area contributed by atoms with E-state index in [0.29, 0.717) is 0 Å². The predicted molar refractivity (Wildman–Crippen MR) is 66.4 cm³/mol. The van der Waals surface area contributed by atoms with Crippen LogP contribution in [0.25, 0.3) is 0 Å². The molecule has 0 saturated carbocycles. The molecular formula is C10H12N6O3. The minimum atomic E-state index is -0.580. The molecule has 0 aliphatic heterocycles. The summed E-state index contributed by atoms with van der Waals surface area (Å²) >= 11 is 0. The normalized spacial score (nSPS) is 10.3. The molecule has 9 heteroatoms. The molecule has 2 aromatic rings. The van der Waals surface area contributed by atoms with Crippen molar-refractivity contribution in [3.63, 3.8) is 0 Å². The van der Waals surface area contributed by atoms with Gasteiger partial charge in [-0.05, 0) is 13.8 Å². The Bertz CT molecular complexity index is 624. The first-order valence-electron chi connectivity index (χ1n) is 5.42. The van der Waals surface area contributed by atoms with Crippen LogP contribution < -0.4 is 10.1 Å². The van der Waals surface area contributed by atoms with Crippen LogP contribution in [0.2, 0.25) is 0 Å². The number of aromatic amines is 1. The smallest absolute Gasteiger partial charge is 0.352 e. The van der Waals surface area contributed by atoms with Crippen molar-refractivity contribution in [1.29, 1.82) is 0 Å². The van der Waals surface area contributed by atoms with Gasteiger partial charge in [-0.3, -0.25) is 15.2 Å². The highest BCUT2D eigenvalue weighted by atomic mass is 16.6. The maximum Gasteiger partial charge on any atom is 0.352 e. The number of anilines is 1. The molecule has 2 rings (SSSR count). The number of ether oxygens (including phenoxy) is 1. The fraction of sp³-hybridized carbons (Fsp3) is 0.300. The van der Waals surface area contributed by atoms with Crippen LogP contribution in [0.4, 0.5) is 11.6 Å². The number of aromatic nitrogens is 4. The average molecular weight is 264 g/mol. The van der Waals surface area contributed by atoms with Gasteiger partial charge in [-0.2, -0.15) is 4.98 Å². The highest BCUT2D eigenvalue weighted by Crippen LogP contribution is 2.31. The maximum atomic E-state index is 11.0. The van der Waals surface area contributed by atoms with Crippen molar-refractivity contribution >= 4 is 11.6 Å². The van der Waals surface area contributed by atoms with Crippen molar-refractivity contribution in [3.05, 3.63) is 27.6 Å². The standard InChI is InChI=1S/C10H12N6O3/c1-5-4-7(15-14-5)19-9-8(16(17)18)6(2)12-10(11-3)13-9/h4H,1-3H3,(H,14,15)(H,11,12,13). The summed E-state index contributed by atoms with van der Waals surface area (Å²) < 4.78 is 5.34. The number of aryl methyl sites for hydroxylation is 2. The minimum Gasteiger partial charge on any atom is -0.413 e. The Morgan fingerprint density at radius 3 is 2.68 bits per heavy atom. The SMILES string of the molecule is CNc1nc(C)c([N+](=O)[O-])c(Oc2cc(C)[nH]n2)n1. The lowest BCUT2D eigenvalue weighted by Crippen LogP contribution is -2.05. The number of hydrogen-bond donors (Lipinski definition) is 2. The Hall–Kier alpha value is -2.71. The first kappa shape index (κ1) is 12.7. The van der Waals surface area contributed by atoms with Gasteiger partial charge in [0.15, 0.2) is 0 Å². The van der Waals surface area contributed by atoms with Crippen molar-refractivity contribution in [2.75, 3.05) is 12.4 Å². The number of H-pyrrole nitrogens is 1. The monoisotopic (exact) mass is 264 g/mol. The van der Waals surface area contributed by atoms with Crippen LogP contribution in [0.15, 0.2) is 6.07 Å². The number of nitro groups is 1. The molecule has 19 heavy (non-hydrogen) atoms. The van der Waals surface area contributed by atoms with Gasteiger partial charge in [-0.15, -0.1) is 5.10 Å². The summed E-state index contributed by atoms with van der Waals surface area (Å²) in [7, 11) is 1.61. The second-order valence-electron chi connectivity index (χ2n) is 3.78. The molecule has 0 saturated heterocycles. The summed E-state index contributed by atoms with van der Waals surface area (Å²) in [6, 6.07) is 1.61. The van der Waals surface area contributed by atoms with Gasteiger partial charge in [0.1, 0.15) is 5.69 Å². The van der Waals surface area contributed by atoms with Gasteiger partial charge in [0.2, 0.25) is 11.8 Å². The first-order chi connectivity index (χ1) is 9.01. The number of rotatable bonds is 4. The van der Waals surface area contributed by atoms with E-state index in [1.54, 1.807) is 20.0 Å². The molecule has 0 radical (unpaired) electrons. The van der Waals surface area contributed by atoms with Gasteiger partial charge in [0, 0.05) is 18.8 Å². The molecule has 100 valence electrons. The predicted octanol–water partition coefficient (Wildman–Crippen LogP) is 1.56. The van der Waals surface area contributed by atoms with Gasteiger partial charge >= 0.3 is 11.6 Å². The zero-order valence-electron chi connectivity index (χ0n) is 10.6. The second-order valence-corrected chi connectivity index (χ2v) is 3.78. The Morgan fingerprint density at radius 1 is 1.42 bits per heavy atom. The van der Waals surface area contributed by atoms with Gasteiger partial charge in [-0.25, -0.2) is 4.98 Å². The van der Waals surface area contributed by atoms with Gasteiger partial charge < -0.3 is 10.1 Å². The summed E-state index contributed by atoms with van der Waals surface area (Å²) in [5, 5.41) is 20.3. The maximum absolute atomic E-state index is 11.0. The molecule has 0 unspecified atom stereocenters. The van der Waals surface area contributed by atoms with Crippen molar-refractivity contribution in [2.24, 2.45) is 0 Å². The van der Waals surface area contributed by atoms with Crippen LogP contribution in [-0.4, -0.2) is 32.1 Å². The Labute approximate surface area is 108 Å². The van der Waals surface area contributed by atoms with Crippen molar-refractivity contribution in [1.82, 2.24) is 20.2 Å². The quantitative estimate of drug-likeness (QED) is 0.635. The molecule has 0 amide bonds. The zero-order chi connectivity index (χ0) is 14.0. The fourth-order valence-corrected chi connectivity index (χ4v) is 1.48. The van der Waals surface area contributed by atoms with E-state index in [1.165, 1.54) is 6.92 Å². The third-order valence-corrected chi connectivity index (χ3v) is 2.32. The molecular weight excluding hydrogens is 252 g/mol. The largest absolute Gasteiger partial charge is 0.413 e. The lowest BCUT2D eigenvalue weighted by atomic mass is 10.3. The molecule has 0 aliphatic carbocycles. The molecule has 9 nitrogen and oxygen atoms in total. The molecule has 0 spiro atoms. The van der Waals surface area contributed by atoms with Gasteiger partial charge in [0.05, 0.1) is 4.92 Å². The van der Waals surface area contributed by atoms with E-state index < -0.39 is 4.92 Å². The zero-order valence-corrected chi connectivity index (χ0v) is 10.6. The van der Waals surface area contributed by atoms with Crippen molar-refractivity contribution in [3.8, 4) is 11.8 Å².